The van der Waals surface area contributed by atoms with E-state index in [2.05, 4.69) is 15.5 Å². The quantitative estimate of drug-likeness (QED) is 0.350. The van der Waals surface area contributed by atoms with Crippen LogP contribution in [0.15, 0.2) is 28.4 Å². The van der Waals surface area contributed by atoms with Gasteiger partial charge in [0.15, 0.2) is 16.7 Å². The smallest absolute Gasteiger partial charge is 0.305 e. The van der Waals surface area contributed by atoms with Crippen LogP contribution in [0.4, 0.5) is 0 Å². The molecule has 0 saturated carbocycles. The van der Waals surface area contributed by atoms with E-state index in [1.807, 2.05) is 6.92 Å². The molecule has 2 N–H and O–H groups in total. The van der Waals surface area contributed by atoms with Gasteiger partial charge in [0.1, 0.15) is 11.9 Å². The van der Waals surface area contributed by atoms with Crippen molar-refractivity contribution >= 4 is 35.0 Å². The Balaban J connectivity index is 1.99. The molecule has 1 aliphatic heterocycles. The van der Waals surface area contributed by atoms with Gasteiger partial charge < -0.3 is 24.6 Å². The minimum atomic E-state index is -1.04. The number of hydrogen-bond acceptors (Lipinski definition) is 8. The van der Waals surface area contributed by atoms with Gasteiger partial charge in [-0.25, -0.2) is 0 Å². The Bertz CT molecular complexity index is 737. The number of aliphatic carboxylic acids is 1. The second-order valence-corrected chi connectivity index (χ2v) is 6.49. The molecule has 9 nitrogen and oxygen atoms in total. The predicted octanol–water partition coefficient (Wildman–Crippen LogP) is 1.51. The first-order valence-electron chi connectivity index (χ1n) is 8.22. The summed E-state index contributed by atoms with van der Waals surface area (Å²) >= 11 is 1.04. The number of carboxylic acid groups (broad SMARTS) is 1. The van der Waals surface area contributed by atoms with Crippen molar-refractivity contribution in [3.63, 3.8) is 0 Å². The summed E-state index contributed by atoms with van der Waals surface area (Å²) in [4.78, 5) is 22.4. The maximum atomic E-state index is 11.6. The molecular formula is C17H21N3O6S. The number of amides is 1. The molecule has 0 aromatic heterocycles. The van der Waals surface area contributed by atoms with Gasteiger partial charge in [0.2, 0.25) is 5.91 Å². The molecule has 10 heteroatoms. The standard InChI is InChI=1S/C17H21N3O6S/c1-3-25-6-7-26-13-8-11(4-5-12(13)24-2)10-18-20-17-19-16(23)14(27-17)9-15(21)22/h4-5,8,10,14H,3,6-7,9H2,1-2H3,(H,21,22)(H,19,20,23). The van der Waals surface area contributed by atoms with Crippen molar-refractivity contribution in [2.45, 2.75) is 18.6 Å². The zero-order valence-corrected chi connectivity index (χ0v) is 15.8. The van der Waals surface area contributed by atoms with Crippen molar-refractivity contribution in [3.05, 3.63) is 23.8 Å². The van der Waals surface area contributed by atoms with E-state index < -0.39 is 11.2 Å². The van der Waals surface area contributed by atoms with Crippen LogP contribution in [0.1, 0.15) is 18.9 Å². The van der Waals surface area contributed by atoms with Crippen LogP contribution in [0, 0.1) is 0 Å². The SMILES string of the molecule is CCOCCOc1cc(C=NN=C2NC(=O)C(CC(=O)O)S2)ccc1OC. The van der Waals surface area contributed by atoms with Gasteiger partial charge in [-0.2, -0.15) is 5.10 Å². The third-order valence-corrected chi connectivity index (χ3v) is 4.44. The van der Waals surface area contributed by atoms with Crippen molar-refractivity contribution in [1.82, 2.24) is 5.32 Å². The van der Waals surface area contributed by atoms with Crippen LogP contribution in [-0.4, -0.2) is 60.5 Å². The fourth-order valence-corrected chi connectivity index (χ4v) is 3.05. The predicted molar refractivity (Wildman–Crippen MR) is 102 cm³/mol. The minimum Gasteiger partial charge on any atom is -0.493 e. The average molecular weight is 395 g/mol. The number of hydrogen-bond donors (Lipinski definition) is 2. The summed E-state index contributed by atoms with van der Waals surface area (Å²) in [5.41, 5.74) is 0.725. The zero-order valence-electron chi connectivity index (χ0n) is 15.0. The second kappa shape index (κ2) is 10.5. The molecule has 1 fully saturated rings. The number of rotatable bonds is 10. The molecule has 1 aliphatic rings. The summed E-state index contributed by atoms with van der Waals surface area (Å²) in [5, 5.41) is 18.7. The lowest BCUT2D eigenvalue weighted by molar-refractivity contribution is -0.138. The van der Waals surface area contributed by atoms with E-state index in [4.69, 9.17) is 19.3 Å². The number of carbonyl (C=O) groups excluding carboxylic acids is 1. The first-order chi connectivity index (χ1) is 13.0. The summed E-state index contributed by atoms with van der Waals surface area (Å²) in [5.74, 6) is -0.280. The van der Waals surface area contributed by atoms with Crippen molar-refractivity contribution < 1.29 is 28.9 Å². The number of carbonyl (C=O) groups is 2. The lowest BCUT2D eigenvalue weighted by Crippen LogP contribution is -2.26. The molecule has 0 aliphatic carbocycles. The molecule has 1 saturated heterocycles. The van der Waals surface area contributed by atoms with Crippen molar-refractivity contribution in [3.8, 4) is 11.5 Å². The van der Waals surface area contributed by atoms with E-state index in [0.717, 1.165) is 17.3 Å². The largest absolute Gasteiger partial charge is 0.493 e. The Labute approximate surface area is 160 Å². The van der Waals surface area contributed by atoms with Crippen LogP contribution < -0.4 is 14.8 Å². The first-order valence-corrected chi connectivity index (χ1v) is 9.10. The number of nitrogens with zero attached hydrogens (tertiary/aromatic N) is 2. The van der Waals surface area contributed by atoms with Gasteiger partial charge in [-0.1, -0.05) is 11.8 Å². The lowest BCUT2D eigenvalue weighted by atomic mass is 10.2. The van der Waals surface area contributed by atoms with Gasteiger partial charge in [-0.15, -0.1) is 5.10 Å². The fraction of sp³-hybridized carbons (Fsp3) is 0.412. The minimum absolute atomic E-state index is 0.264. The first kappa shape index (κ1) is 20.7. The topological polar surface area (TPSA) is 119 Å². The molecular weight excluding hydrogens is 374 g/mol. The Morgan fingerprint density at radius 3 is 2.89 bits per heavy atom. The van der Waals surface area contributed by atoms with Crippen molar-refractivity contribution in [1.29, 1.82) is 0 Å². The summed E-state index contributed by atoms with van der Waals surface area (Å²) in [6.07, 6.45) is 1.24. The fourth-order valence-electron chi connectivity index (χ4n) is 2.13. The van der Waals surface area contributed by atoms with E-state index in [9.17, 15) is 9.59 Å². The molecule has 1 aromatic rings. The number of thioether (sulfide) groups is 1. The molecule has 2 rings (SSSR count). The highest BCUT2D eigenvalue weighted by Gasteiger charge is 2.32. The molecule has 27 heavy (non-hydrogen) atoms. The molecule has 0 radical (unpaired) electrons. The third kappa shape index (κ3) is 6.57. The zero-order chi connectivity index (χ0) is 19.6. The third-order valence-electron chi connectivity index (χ3n) is 3.37. The number of nitrogens with one attached hydrogen (secondary N) is 1. The highest BCUT2D eigenvalue weighted by Crippen LogP contribution is 2.27. The van der Waals surface area contributed by atoms with Crippen LogP contribution in [0.3, 0.4) is 0 Å². The van der Waals surface area contributed by atoms with E-state index in [0.29, 0.717) is 31.3 Å². The van der Waals surface area contributed by atoms with Crippen LogP contribution in [0.25, 0.3) is 0 Å². The molecule has 0 bridgehead atoms. The average Bonchev–Trinajstić information content (AvgIpc) is 2.97. The molecule has 1 amide bonds. The van der Waals surface area contributed by atoms with Crippen LogP contribution in [-0.2, 0) is 14.3 Å². The Morgan fingerprint density at radius 1 is 1.37 bits per heavy atom. The number of carboxylic acids is 1. The van der Waals surface area contributed by atoms with Crippen molar-refractivity contribution in [2.75, 3.05) is 26.9 Å². The highest BCUT2D eigenvalue weighted by molar-refractivity contribution is 8.15. The van der Waals surface area contributed by atoms with E-state index >= 15 is 0 Å². The van der Waals surface area contributed by atoms with Gasteiger partial charge in [-0.3, -0.25) is 9.59 Å². The molecule has 1 atom stereocenters. The van der Waals surface area contributed by atoms with Crippen molar-refractivity contribution in [2.24, 2.45) is 10.2 Å². The summed E-state index contributed by atoms with van der Waals surface area (Å²) in [7, 11) is 1.55. The summed E-state index contributed by atoms with van der Waals surface area (Å²) in [6.45, 7) is 3.39. The summed E-state index contributed by atoms with van der Waals surface area (Å²) in [6, 6.07) is 5.28. The number of amidine groups is 1. The maximum absolute atomic E-state index is 11.6. The van der Waals surface area contributed by atoms with Gasteiger partial charge in [0, 0.05) is 6.61 Å². The lowest BCUT2D eigenvalue weighted by Gasteiger charge is -2.11. The van der Waals surface area contributed by atoms with Gasteiger partial charge >= 0.3 is 5.97 Å². The molecule has 1 aromatic carbocycles. The Morgan fingerprint density at radius 2 is 2.19 bits per heavy atom. The van der Waals surface area contributed by atoms with Gasteiger partial charge in [-0.05, 0) is 30.7 Å². The molecule has 0 spiro atoms. The van der Waals surface area contributed by atoms with E-state index in [-0.39, 0.29) is 17.5 Å². The molecule has 1 heterocycles. The van der Waals surface area contributed by atoms with Crippen LogP contribution >= 0.6 is 11.8 Å². The summed E-state index contributed by atoms with van der Waals surface area (Å²) < 4.78 is 16.2. The number of benzene rings is 1. The highest BCUT2D eigenvalue weighted by atomic mass is 32.2. The van der Waals surface area contributed by atoms with Gasteiger partial charge in [0.05, 0.1) is 26.4 Å². The number of methoxy groups -OCH3 is 1. The normalized spacial score (nSPS) is 18.1. The van der Waals surface area contributed by atoms with Crippen LogP contribution in [0.2, 0.25) is 0 Å². The molecule has 1 unspecified atom stereocenters. The second-order valence-electron chi connectivity index (χ2n) is 5.30. The maximum Gasteiger partial charge on any atom is 0.305 e. The Kier molecular flexibility index (Phi) is 8.08. The van der Waals surface area contributed by atoms with E-state index in [1.54, 1.807) is 25.3 Å². The van der Waals surface area contributed by atoms with Crippen LogP contribution in [0.5, 0.6) is 11.5 Å². The molecule has 146 valence electrons. The Hall–Kier alpha value is -2.59. The van der Waals surface area contributed by atoms with Gasteiger partial charge in [0.25, 0.3) is 0 Å². The monoisotopic (exact) mass is 395 g/mol. The number of ether oxygens (including phenoxy) is 3. The van der Waals surface area contributed by atoms with E-state index in [1.165, 1.54) is 6.21 Å².